The van der Waals surface area contributed by atoms with Crippen molar-refractivity contribution in [1.82, 2.24) is 0 Å². The summed E-state index contributed by atoms with van der Waals surface area (Å²) in [5, 5.41) is 45.1. The molecule has 0 aromatic heterocycles. The van der Waals surface area contributed by atoms with Crippen molar-refractivity contribution in [2.75, 3.05) is 6.61 Å². The molecule has 180 valence electrons. The lowest BCUT2D eigenvalue weighted by atomic mass is 9.38. The van der Waals surface area contributed by atoms with E-state index < -0.39 is 51.4 Å². The fraction of sp³-hybridized carbons (Fsp3) is 0.840. The zero-order valence-corrected chi connectivity index (χ0v) is 19.7. The van der Waals surface area contributed by atoms with Gasteiger partial charge in [0, 0.05) is 28.7 Å². The number of hydrogen-bond acceptors (Lipinski definition) is 6. The monoisotopic (exact) mass is 450 g/mol. The Kier molecular flexibility index (Phi) is 5.39. The maximum absolute atomic E-state index is 12.4. The molecule has 32 heavy (non-hydrogen) atoms. The molecule has 7 heteroatoms. The topological polar surface area (TPSA) is 124 Å². The van der Waals surface area contributed by atoms with Gasteiger partial charge in [-0.05, 0) is 65.2 Å². The summed E-state index contributed by atoms with van der Waals surface area (Å²) in [4.78, 5) is 24.5. The van der Waals surface area contributed by atoms with Crippen LogP contribution in [0.25, 0.3) is 0 Å². The van der Waals surface area contributed by atoms with E-state index in [1.165, 1.54) is 0 Å². The predicted octanol–water partition coefficient (Wildman–Crippen LogP) is 2.81. The van der Waals surface area contributed by atoms with Gasteiger partial charge in [0.2, 0.25) is 0 Å². The van der Waals surface area contributed by atoms with Crippen LogP contribution in [-0.2, 0) is 14.3 Å². The highest BCUT2D eigenvalue weighted by atomic mass is 16.5. The van der Waals surface area contributed by atoms with Gasteiger partial charge in [0.15, 0.2) is 0 Å². The van der Waals surface area contributed by atoms with Crippen molar-refractivity contribution in [3.05, 3.63) is 11.6 Å². The Balaban J connectivity index is 1.69. The fourth-order valence-corrected chi connectivity index (χ4v) is 8.37. The lowest BCUT2D eigenvalue weighted by Gasteiger charge is -2.68. The number of carboxylic acids is 1. The van der Waals surface area contributed by atoms with Gasteiger partial charge in [0.05, 0.1) is 17.1 Å². The molecule has 4 aliphatic carbocycles. The average Bonchev–Trinajstić information content (AvgIpc) is 3.00. The lowest BCUT2D eigenvalue weighted by Crippen LogP contribution is -2.70. The highest BCUT2D eigenvalue weighted by molar-refractivity contribution is 5.87. The number of aliphatic hydroxyl groups is 3. The molecule has 0 amide bonds. The van der Waals surface area contributed by atoms with E-state index in [-0.39, 0.29) is 25.4 Å². The van der Waals surface area contributed by atoms with E-state index in [4.69, 9.17) is 4.74 Å². The molecule has 0 saturated heterocycles. The number of carboxylic acid groups (broad SMARTS) is 1. The van der Waals surface area contributed by atoms with Crippen molar-refractivity contribution < 1.29 is 34.8 Å². The smallest absolute Gasteiger partial charge is 0.333 e. The number of allylic oxidation sites excluding steroid dienone is 1. The Morgan fingerprint density at radius 2 is 1.81 bits per heavy atom. The van der Waals surface area contributed by atoms with Crippen LogP contribution in [0.1, 0.15) is 79.1 Å². The molecule has 4 aliphatic rings. The van der Waals surface area contributed by atoms with Crippen LogP contribution >= 0.6 is 0 Å². The van der Waals surface area contributed by atoms with Gasteiger partial charge in [-0.15, -0.1) is 0 Å². The minimum absolute atomic E-state index is 0.116. The average molecular weight is 451 g/mol. The van der Waals surface area contributed by atoms with Crippen LogP contribution < -0.4 is 0 Å². The summed E-state index contributed by atoms with van der Waals surface area (Å²) >= 11 is 0. The van der Waals surface area contributed by atoms with Crippen molar-refractivity contribution in [3.63, 3.8) is 0 Å². The third-order valence-corrected chi connectivity index (χ3v) is 10.3. The summed E-state index contributed by atoms with van der Waals surface area (Å²) in [6, 6.07) is 0. The first-order chi connectivity index (χ1) is 14.8. The minimum Gasteiger partial charge on any atom is -0.481 e. The van der Waals surface area contributed by atoms with E-state index in [1.54, 1.807) is 26.8 Å². The van der Waals surface area contributed by atoms with Crippen LogP contribution in [0.5, 0.6) is 0 Å². The second-order valence-corrected chi connectivity index (χ2v) is 11.6. The molecular weight excluding hydrogens is 412 g/mol. The van der Waals surface area contributed by atoms with Crippen LogP contribution in [0.3, 0.4) is 0 Å². The largest absolute Gasteiger partial charge is 0.481 e. The summed E-state index contributed by atoms with van der Waals surface area (Å²) < 4.78 is 5.42. The zero-order valence-electron chi connectivity index (χ0n) is 19.7. The van der Waals surface area contributed by atoms with Gasteiger partial charge in [0.25, 0.3) is 0 Å². The van der Waals surface area contributed by atoms with Gasteiger partial charge in [-0.3, -0.25) is 4.79 Å². The zero-order chi connectivity index (χ0) is 23.7. The lowest BCUT2D eigenvalue weighted by molar-refractivity contribution is -0.273. The number of fused-ring (bicyclic) bond motifs is 3. The van der Waals surface area contributed by atoms with Gasteiger partial charge in [-0.25, -0.2) is 4.79 Å². The first kappa shape index (κ1) is 23.7. The standard InChI is InChI=1S/C25H38O7/c1-5-15(2)19(27)32-14-24(30)13-23-10-7-18-21(3,20(28)29)8-6-9-22(18,4)25(23,31)12-17(26)16(24)11-23/h5,16-18,26,30-31H,6-14H2,1-4H3,(H,28,29)/t16-,17+,18+,21-,22+,23-,24+,25+/m0/s1. The number of aliphatic hydroxyl groups excluding tert-OH is 1. The predicted molar refractivity (Wildman–Crippen MR) is 116 cm³/mol. The Hall–Kier alpha value is -1.44. The number of aliphatic carboxylic acids is 1. The quantitative estimate of drug-likeness (QED) is 0.383. The van der Waals surface area contributed by atoms with Crippen molar-refractivity contribution in [1.29, 1.82) is 0 Å². The van der Waals surface area contributed by atoms with E-state index in [1.807, 2.05) is 6.92 Å². The van der Waals surface area contributed by atoms with Crippen LogP contribution in [0.15, 0.2) is 11.6 Å². The van der Waals surface area contributed by atoms with E-state index in [9.17, 15) is 30.0 Å². The fourth-order valence-electron chi connectivity index (χ4n) is 8.37. The Morgan fingerprint density at radius 3 is 2.44 bits per heavy atom. The maximum Gasteiger partial charge on any atom is 0.333 e. The molecule has 2 bridgehead atoms. The Bertz CT molecular complexity index is 853. The third kappa shape index (κ3) is 2.90. The van der Waals surface area contributed by atoms with E-state index in [2.05, 4.69) is 0 Å². The van der Waals surface area contributed by atoms with Crippen LogP contribution in [0.4, 0.5) is 0 Å². The number of ether oxygens (including phenoxy) is 1. The van der Waals surface area contributed by atoms with Crippen LogP contribution in [0, 0.1) is 28.1 Å². The van der Waals surface area contributed by atoms with E-state index >= 15 is 0 Å². The van der Waals surface area contributed by atoms with Crippen molar-refractivity contribution >= 4 is 11.9 Å². The van der Waals surface area contributed by atoms with Gasteiger partial charge in [-0.1, -0.05) is 19.4 Å². The third-order valence-electron chi connectivity index (χ3n) is 10.3. The molecule has 0 aromatic carbocycles. The molecule has 0 aromatic rings. The molecule has 4 rings (SSSR count). The van der Waals surface area contributed by atoms with E-state index in [0.717, 1.165) is 0 Å². The molecule has 4 saturated carbocycles. The SMILES string of the molecule is CC=C(C)C(=O)OC[C@]1(O)C[C@@]23CC[C@@H]4[C@@](C)(C(=O)O)CCC[C@@]4(C)[C@]2(O)C[C@@H](O)[C@@H]1C3. The molecule has 4 N–H and O–H groups in total. The summed E-state index contributed by atoms with van der Waals surface area (Å²) in [7, 11) is 0. The van der Waals surface area contributed by atoms with Gasteiger partial charge < -0.3 is 25.2 Å². The second kappa shape index (κ2) is 7.28. The maximum atomic E-state index is 12.4. The number of esters is 1. The Morgan fingerprint density at radius 1 is 1.12 bits per heavy atom. The minimum atomic E-state index is -1.42. The molecular formula is C25H38O7. The normalized spacial score (nSPS) is 50.3. The first-order valence-corrected chi connectivity index (χ1v) is 11.9. The molecule has 7 nitrogen and oxygen atoms in total. The Labute approximate surface area is 189 Å². The number of carbonyl (C=O) groups is 2. The van der Waals surface area contributed by atoms with Crippen molar-refractivity contribution in [2.45, 2.75) is 96.4 Å². The summed E-state index contributed by atoms with van der Waals surface area (Å²) in [5.41, 5.74) is -4.47. The highest BCUT2D eigenvalue weighted by Gasteiger charge is 2.76. The highest BCUT2D eigenvalue weighted by Crippen LogP contribution is 2.74. The molecule has 8 atom stereocenters. The van der Waals surface area contributed by atoms with Crippen molar-refractivity contribution in [3.8, 4) is 0 Å². The molecule has 1 spiro atoms. The summed E-state index contributed by atoms with van der Waals surface area (Å²) in [5.74, 6) is -2.01. The van der Waals surface area contributed by atoms with Gasteiger partial charge >= 0.3 is 11.9 Å². The molecule has 0 radical (unpaired) electrons. The number of rotatable bonds is 4. The summed E-state index contributed by atoms with van der Waals surface area (Å²) in [6.45, 7) is 6.97. The second-order valence-electron chi connectivity index (χ2n) is 11.6. The van der Waals surface area contributed by atoms with Crippen LogP contribution in [0.2, 0.25) is 0 Å². The number of carbonyl (C=O) groups excluding carboxylic acids is 1. The molecule has 4 fully saturated rings. The number of hydrogen-bond donors (Lipinski definition) is 4. The van der Waals surface area contributed by atoms with Crippen LogP contribution in [-0.4, -0.2) is 56.3 Å². The van der Waals surface area contributed by atoms with Gasteiger partial charge in [0.1, 0.15) is 12.2 Å². The van der Waals surface area contributed by atoms with Gasteiger partial charge in [-0.2, -0.15) is 0 Å². The molecule has 0 heterocycles. The summed E-state index contributed by atoms with van der Waals surface area (Å²) in [6.07, 6.45) is 4.76. The molecule has 0 aliphatic heterocycles. The molecule has 0 unspecified atom stereocenters. The van der Waals surface area contributed by atoms with E-state index in [0.29, 0.717) is 44.1 Å². The van der Waals surface area contributed by atoms with Crippen molar-refractivity contribution in [2.24, 2.45) is 28.1 Å². The first-order valence-electron chi connectivity index (χ1n) is 11.9.